The van der Waals surface area contributed by atoms with Gasteiger partial charge in [0.25, 0.3) is 0 Å². The van der Waals surface area contributed by atoms with Crippen LogP contribution >= 0.6 is 11.8 Å². The monoisotopic (exact) mass is 515 g/mol. The van der Waals surface area contributed by atoms with E-state index in [1.807, 2.05) is 0 Å². The van der Waals surface area contributed by atoms with Crippen LogP contribution in [0.5, 0.6) is 0 Å². The molecule has 1 rings (SSSR count). The minimum atomic E-state index is -1.65. The lowest BCUT2D eigenvalue weighted by Crippen LogP contribution is -2.58. The molecule has 4 atom stereocenters. The number of carbonyl (C=O) groups is 6. The third kappa shape index (κ3) is 10.9. The summed E-state index contributed by atoms with van der Waals surface area (Å²) in [5.41, 5.74) is 11.5. The maximum absolute atomic E-state index is 12.7. The van der Waals surface area contributed by atoms with Crippen molar-refractivity contribution in [1.82, 2.24) is 25.9 Å². The Morgan fingerprint density at radius 2 is 1.57 bits per heavy atom. The molecule has 0 aromatic carbocycles. The Morgan fingerprint density at radius 3 is 2.06 bits per heavy atom. The summed E-state index contributed by atoms with van der Waals surface area (Å²) in [6.45, 7) is 0. The number of hydrogen-bond acceptors (Lipinski definition) is 9. The van der Waals surface area contributed by atoms with Gasteiger partial charge in [-0.1, -0.05) is 0 Å². The van der Waals surface area contributed by atoms with Gasteiger partial charge in [0.1, 0.15) is 18.1 Å². The van der Waals surface area contributed by atoms with Crippen LogP contribution in [-0.4, -0.2) is 91.9 Å². The van der Waals surface area contributed by atoms with Crippen molar-refractivity contribution in [2.24, 2.45) is 11.5 Å². The number of aromatic nitrogens is 2. The van der Waals surface area contributed by atoms with Gasteiger partial charge >= 0.3 is 11.9 Å². The van der Waals surface area contributed by atoms with Gasteiger partial charge < -0.3 is 42.6 Å². The highest BCUT2D eigenvalue weighted by Crippen LogP contribution is 2.04. The molecule has 1 aromatic heterocycles. The van der Waals surface area contributed by atoms with Gasteiger partial charge in [0, 0.05) is 18.3 Å². The standard InChI is InChI=1S/C19H29N7O8S/c1-35-3-2-11(19(33)34)24-17(31)12(5-14(21)27)26-18(32)13(6-15(28)29)25-16(30)10(20)4-9-7-22-8-23-9/h7-8,10-13H,2-6,20H2,1H3,(H2,21,27)(H,22,23)(H,24,31)(H,25,30)(H,26,32)(H,28,29)(H,33,34). The van der Waals surface area contributed by atoms with E-state index in [0.717, 1.165) is 0 Å². The number of carboxylic acid groups (broad SMARTS) is 2. The molecule has 0 saturated carbocycles. The fourth-order valence-electron chi connectivity index (χ4n) is 2.84. The van der Waals surface area contributed by atoms with Crippen molar-refractivity contribution in [2.75, 3.05) is 12.0 Å². The Labute approximate surface area is 204 Å². The highest BCUT2D eigenvalue weighted by molar-refractivity contribution is 7.98. The maximum atomic E-state index is 12.7. The van der Waals surface area contributed by atoms with Crippen LogP contribution in [0.2, 0.25) is 0 Å². The van der Waals surface area contributed by atoms with Crippen LogP contribution < -0.4 is 27.4 Å². The van der Waals surface area contributed by atoms with E-state index >= 15 is 0 Å². The number of H-pyrrole nitrogens is 1. The van der Waals surface area contributed by atoms with E-state index in [4.69, 9.17) is 16.6 Å². The first kappa shape index (κ1) is 29.4. The van der Waals surface area contributed by atoms with E-state index in [-0.39, 0.29) is 12.8 Å². The first-order valence-electron chi connectivity index (χ1n) is 10.3. The molecule has 15 nitrogen and oxygen atoms in total. The van der Waals surface area contributed by atoms with Gasteiger partial charge in [-0.15, -0.1) is 0 Å². The van der Waals surface area contributed by atoms with Gasteiger partial charge in [-0.25, -0.2) is 9.78 Å². The molecule has 194 valence electrons. The second-order valence-corrected chi connectivity index (χ2v) is 8.44. The molecule has 35 heavy (non-hydrogen) atoms. The number of carboxylic acids is 2. The van der Waals surface area contributed by atoms with Gasteiger partial charge in [0.05, 0.1) is 25.2 Å². The summed E-state index contributed by atoms with van der Waals surface area (Å²) >= 11 is 1.35. The van der Waals surface area contributed by atoms with Crippen LogP contribution in [0.15, 0.2) is 12.5 Å². The largest absolute Gasteiger partial charge is 0.481 e. The topological polar surface area (TPSA) is 260 Å². The number of hydrogen-bond donors (Lipinski definition) is 8. The van der Waals surface area contributed by atoms with Crippen molar-refractivity contribution in [3.63, 3.8) is 0 Å². The first-order valence-corrected chi connectivity index (χ1v) is 11.7. The Balaban J connectivity index is 2.94. The number of amides is 4. The Morgan fingerprint density at radius 1 is 1.00 bits per heavy atom. The number of thioether (sulfide) groups is 1. The van der Waals surface area contributed by atoms with Crippen molar-refractivity contribution in [2.45, 2.75) is 49.9 Å². The van der Waals surface area contributed by atoms with Gasteiger partial charge in [-0.3, -0.25) is 24.0 Å². The molecule has 0 radical (unpaired) electrons. The lowest BCUT2D eigenvalue weighted by molar-refractivity contribution is -0.143. The number of aromatic amines is 1. The van der Waals surface area contributed by atoms with Crippen LogP contribution in [0.3, 0.4) is 0 Å². The van der Waals surface area contributed by atoms with Gasteiger partial charge in [0.2, 0.25) is 23.6 Å². The fraction of sp³-hybridized carbons (Fsp3) is 0.526. The van der Waals surface area contributed by atoms with Crippen molar-refractivity contribution in [3.05, 3.63) is 18.2 Å². The van der Waals surface area contributed by atoms with Gasteiger partial charge in [-0.2, -0.15) is 11.8 Å². The quantitative estimate of drug-likeness (QED) is 0.109. The molecule has 0 aliphatic heterocycles. The van der Waals surface area contributed by atoms with E-state index < -0.39 is 72.6 Å². The number of imidazole rings is 1. The smallest absolute Gasteiger partial charge is 0.326 e. The van der Waals surface area contributed by atoms with Crippen molar-refractivity contribution >= 4 is 47.3 Å². The molecule has 0 fully saturated rings. The zero-order valence-corrected chi connectivity index (χ0v) is 19.7. The van der Waals surface area contributed by atoms with Crippen molar-refractivity contribution in [3.8, 4) is 0 Å². The number of carbonyl (C=O) groups excluding carboxylic acids is 4. The van der Waals surface area contributed by atoms with Crippen LogP contribution in [0.25, 0.3) is 0 Å². The molecular formula is C19H29N7O8S. The summed E-state index contributed by atoms with van der Waals surface area (Å²) in [5.74, 6) is -6.30. The number of nitrogens with two attached hydrogens (primary N) is 2. The number of aliphatic carboxylic acids is 2. The normalized spacial score (nSPS) is 14.1. The summed E-state index contributed by atoms with van der Waals surface area (Å²) in [4.78, 5) is 78.4. The van der Waals surface area contributed by atoms with Crippen LogP contribution in [0.4, 0.5) is 0 Å². The molecule has 10 N–H and O–H groups in total. The number of primary amides is 1. The molecule has 1 aromatic rings. The molecule has 0 spiro atoms. The average molecular weight is 516 g/mol. The first-order chi connectivity index (χ1) is 16.4. The molecule has 1 heterocycles. The third-order valence-corrected chi connectivity index (χ3v) is 5.25. The van der Waals surface area contributed by atoms with E-state index in [1.54, 1.807) is 6.26 Å². The molecule has 4 unspecified atom stereocenters. The molecule has 0 aliphatic carbocycles. The SMILES string of the molecule is CSCCC(NC(=O)C(CC(N)=O)NC(=O)C(CC(=O)O)NC(=O)C(N)Cc1cnc[nH]1)C(=O)O. The van der Waals surface area contributed by atoms with E-state index in [0.29, 0.717) is 11.4 Å². The Bertz CT molecular complexity index is 911. The van der Waals surface area contributed by atoms with Crippen LogP contribution in [0.1, 0.15) is 25.0 Å². The zero-order valence-electron chi connectivity index (χ0n) is 18.9. The lowest BCUT2D eigenvalue weighted by atomic mass is 10.1. The summed E-state index contributed by atoms with van der Waals surface area (Å²) in [6.07, 6.45) is 3.10. The number of nitrogens with zero attached hydrogens (tertiary/aromatic N) is 1. The maximum Gasteiger partial charge on any atom is 0.326 e. The predicted molar refractivity (Wildman–Crippen MR) is 123 cm³/mol. The molecule has 0 bridgehead atoms. The second kappa shape index (κ2) is 14.6. The summed E-state index contributed by atoms with van der Waals surface area (Å²) in [5, 5.41) is 25.0. The van der Waals surface area contributed by atoms with Crippen LogP contribution in [0, 0.1) is 0 Å². The fourth-order valence-corrected chi connectivity index (χ4v) is 3.31. The molecular weight excluding hydrogens is 486 g/mol. The Hall–Kier alpha value is -3.66. The summed E-state index contributed by atoms with van der Waals surface area (Å²) in [6, 6.07) is -5.71. The third-order valence-electron chi connectivity index (χ3n) is 4.61. The number of rotatable bonds is 16. The highest BCUT2D eigenvalue weighted by atomic mass is 32.2. The minimum Gasteiger partial charge on any atom is -0.481 e. The predicted octanol–water partition coefficient (Wildman–Crippen LogP) is -3.08. The second-order valence-electron chi connectivity index (χ2n) is 7.46. The summed E-state index contributed by atoms with van der Waals surface area (Å²) < 4.78 is 0. The lowest BCUT2D eigenvalue weighted by Gasteiger charge is -2.24. The van der Waals surface area contributed by atoms with E-state index in [9.17, 15) is 33.9 Å². The van der Waals surface area contributed by atoms with E-state index in [2.05, 4.69) is 25.9 Å². The van der Waals surface area contributed by atoms with E-state index in [1.165, 1.54) is 24.3 Å². The van der Waals surface area contributed by atoms with Crippen molar-refractivity contribution in [1.29, 1.82) is 0 Å². The number of nitrogens with one attached hydrogen (secondary N) is 4. The minimum absolute atomic E-state index is 0.0204. The van der Waals surface area contributed by atoms with Crippen molar-refractivity contribution < 1.29 is 39.0 Å². The Kier molecular flexibility index (Phi) is 12.2. The van der Waals surface area contributed by atoms with Crippen LogP contribution in [-0.2, 0) is 35.2 Å². The molecule has 0 saturated heterocycles. The molecule has 0 aliphatic rings. The highest BCUT2D eigenvalue weighted by Gasteiger charge is 2.32. The molecule has 4 amide bonds. The average Bonchev–Trinajstić information content (AvgIpc) is 3.27. The summed E-state index contributed by atoms with van der Waals surface area (Å²) in [7, 11) is 0. The zero-order chi connectivity index (χ0) is 26.5. The van der Waals surface area contributed by atoms with Gasteiger partial charge in [-0.05, 0) is 18.4 Å². The molecule has 16 heteroatoms. The van der Waals surface area contributed by atoms with Gasteiger partial charge in [0.15, 0.2) is 0 Å².